The zero-order chi connectivity index (χ0) is 30.1. The molecular weight excluding hydrogens is 547 g/mol. The van der Waals surface area contributed by atoms with Gasteiger partial charge in [-0.25, -0.2) is 4.39 Å². The smallest absolute Gasteiger partial charge is 0.169 e. The number of halogens is 2. The fourth-order valence-electron chi connectivity index (χ4n) is 4.72. The Morgan fingerprint density at radius 2 is 1.68 bits per heavy atom. The van der Waals surface area contributed by atoms with Gasteiger partial charge >= 0.3 is 0 Å². The third-order valence-corrected chi connectivity index (χ3v) is 7.16. The van der Waals surface area contributed by atoms with Crippen LogP contribution >= 0.6 is 11.6 Å². The van der Waals surface area contributed by atoms with E-state index in [-0.39, 0.29) is 21.9 Å². The van der Waals surface area contributed by atoms with Crippen LogP contribution in [-0.2, 0) is 0 Å². The molecule has 0 fully saturated rings. The van der Waals surface area contributed by atoms with E-state index in [9.17, 15) is 5.11 Å². The molecule has 0 aliphatic carbocycles. The maximum atomic E-state index is 16.0. The molecule has 0 aliphatic rings. The van der Waals surface area contributed by atoms with Gasteiger partial charge < -0.3 is 30.2 Å². The van der Waals surface area contributed by atoms with Crippen LogP contribution in [0.25, 0.3) is 22.0 Å². The Hall–Kier alpha value is -3.18. The van der Waals surface area contributed by atoms with Crippen LogP contribution in [0.5, 0.6) is 17.2 Å². The first-order valence-corrected chi connectivity index (χ1v) is 14.0. The fourth-order valence-corrected chi connectivity index (χ4v) is 4.90. The molecule has 0 saturated carbocycles. The number of aromatic hydroxyl groups is 1. The summed E-state index contributed by atoms with van der Waals surface area (Å²) in [5, 5.41) is 14.5. The highest BCUT2D eigenvalue weighted by atomic mass is 35.5. The quantitative estimate of drug-likeness (QED) is 0.150. The summed E-state index contributed by atoms with van der Waals surface area (Å²) in [6.07, 6.45) is 3.66. The van der Waals surface area contributed by atoms with Crippen molar-refractivity contribution in [2.75, 3.05) is 74.6 Å². The molecule has 0 spiro atoms. The largest absolute Gasteiger partial charge is 0.506 e. The maximum Gasteiger partial charge on any atom is 0.169 e. The van der Waals surface area contributed by atoms with Crippen molar-refractivity contribution in [2.45, 2.75) is 19.8 Å². The van der Waals surface area contributed by atoms with Crippen LogP contribution in [0.2, 0.25) is 5.02 Å². The predicted molar refractivity (Wildman–Crippen MR) is 165 cm³/mol. The number of fused-ring (bicyclic) bond motifs is 1. The summed E-state index contributed by atoms with van der Waals surface area (Å²) >= 11 is 6.16. The van der Waals surface area contributed by atoms with E-state index in [1.54, 1.807) is 25.3 Å². The van der Waals surface area contributed by atoms with Gasteiger partial charge in [-0.1, -0.05) is 11.6 Å². The second kappa shape index (κ2) is 15.2. The molecule has 11 heteroatoms. The molecular formula is C30H42ClFN6O3. The first-order valence-electron chi connectivity index (χ1n) is 13.6. The molecule has 0 bridgehead atoms. The summed E-state index contributed by atoms with van der Waals surface area (Å²) < 4.78 is 28.0. The van der Waals surface area contributed by atoms with Crippen LogP contribution in [-0.4, -0.2) is 105 Å². The minimum atomic E-state index is -0.539. The van der Waals surface area contributed by atoms with Gasteiger partial charge in [0.1, 0.15) is 18.2 Å². The average molecular weight is 589 g/mol. The normalized spacial score (nSPS) is 12.2. The summed E-state index contributed by atoms with van der Waals surface area (Å²) in [5.74, 6) is 5.65. The highest BCUT2D eigenvalue weighted by molar-refractivity contribution is 6.32. The van der Waals surface area contributed by atoms with E-state index in [0.717, 1.165) is 39.0 Å². The molecule has 0 amide bonds. The number of rotatable bonds is 15. The molecule has 1 heterocycles. The third kappa shape index (κ3) is 8.42. The van der Waals surface area contributed by atoms with E-state index in [1.165, 1.54) is 19.2 Å². The topological polar surface area (TPSA) is 99.7 Å². The van der Waals surface area contributed by atoms with Crippen molar-refractivity contribution < 1.29 is 19.0 Å². The number of aromatic nitrogens is 1. The van der Waals surface area contributed by atoms with E-state index in [0.29, 0.717) is 46.8 Å². The lowest BCUT2D eigenvalue weighted by Crippen LogP contribution is -2.33. The molecule has 224 valence electrons. The number of hydrogen-bond acceptors (Lipinski definition) is 9. The molecule has 3 aromatic rings. The Kier molecular flexibility index (Phi) is 12.0. The number of phenolic OH excluding ortho intramolecular Hbond substituents is 1. The van der Waals surface area contributed by atoms with Gasteiger partial charge in [-0.05, 0) is 92.3 Å². The summed E-state index contributed by atoms with van der Waals surface area (Å²) in [6, 6.07) is 5.94. The van der Waals surface area contributed by atoms with E-state index < -0.39 is 5.82 Å². The number of ether oxygens (including phenoxy) is 2. The Morgan fingerprint density at radius 1 is 1.02 bits per heavy atom. The van der Waals surface area contributed by atoms with Crippen LogP contribution in [0.3, 0.4) is 0 Å². The van der Waals surface area contributed by atoms with Crippen LogP contribution < -0.4 is 15.3 Å². The van der Waals surface area contributed by atoms with Gasteiger partial charge in [0, 0.05) is 40.7 Å². The zero-order valence-corrected chi connectivity index (χ0v) is 25.6. The molecule has 3 rings (SSSR count). The first-order chi connectivity index (χ1) is 19.6. The van der Waals surface area contributed by atoms with Crippen LogP contribution in [0, 0.1) is 5.82 Å². The lowest BCUT2D eigenvalue weighted by atomic mass is 9.97. The number of nitrogens with two attached hydrogens (primary N) is 1. The van der Waals surface area contributed by atoms with Crippen molar-refractivity contribution in [3.05, 3.63) is 46.9 Å². The molecule has 0 atom stereocenters. The van der Waals surface area contributed by atoms with Crippen molar-refractivity contribution >= 4 is 28.1 Å². The number of hydrazone groups is 1. The summed E-state index contributed by atoms with van der Waals surface area (Å²) in [5.41, 5.74) is 1.85. The summed E-state index contributed by atoms with van der Waals surface area (Å²) in [6.45, 7) is 6.66. The molecule has 3 N–H and O–H groups in total. The van der Waals surface area contributed by atoms with Crippen molar-refractivity contribution in [1.29, 1.82) is 0 Å². The molecule has 2 aromatic carbocycles. The van der Waals surface area contributed by atoms with Crippen molar-refractivity contribution in [1.82, 2.24) is 19.7 Å². The van der Waals surface area contributed by atoms with Gasteiger partial charge in [0.2, 0.25) is 0 Å². The Morgan fingerprint density at radius 3 is 2.24 bits per heavy atom. The standard InChI is InChI=1S/C30H42ClFN6O3/c1-20(35-33)22-19-34-29(21-9-10-25(39)23(31)17-21)28-24(32)18-26(30(40-6)27(22)28)41-16-15-38(13-7-11-36(2)3)14-8-12-37(4)5/h9-10,17-19,39H,7-8,11-16,33H2,1-6H3/b35-20-. The van der Waals surface area contributed by atoms with E-state index >= 15 is 4.39 Å². The van der Waals surface area contributed by atoms with Crippen LogP contribution in [0.15, 0.2) is 35.6 Å². The Balaban J connectivity index is 1.98. The van der Waals surface area contributed by atoms with Crippen LogP contribution in [0.4, 0.5) is 4.39 Å². The Bertz CT molecular complexity index is 1340. The maximum absolute atomic E-state index is 16.0. The zero-order valence-electron chi connectivity index (χ0n) is 24.9. The van der Waals surface area contributed by atoms with Crippen molar-refractivity contribution in [3.63, 3.8) is 0 Å². The summed E-state index contributed by atoms with van der Waals surface area (Å²) in [7, 11) is 9.81. The number of phenols is 1. The van der Waals surface area contributed by atoms with Gasteiger partial charge in [0.05, 0.1) is 23.5 Å². The second-order valence-electron chi connectivity index (χ2n) is 10.5. The van der Waals surface area contributed by atoms with E-state index in [4.69, 9.17) is 26.9 Å². The van der Waals surface area contributed by atoms with Gasteiger partial charge in [-0.2, -0.15) is 5.10 Å². The second-order valence-corrected chi connectivity index (χ2v) is 11.0. The third-order valence-electron chi connectivity index (χ3n) is 6.86. The molecule has 41 heavy (non-hydrogen) atoms. The number of methoxy groups -OCH3 is 1. The lowest BCUT2D eigenvalue weighted by Gasteiger charge is -2.24. The van der Waals surface area contributed by atoms with Gasteiger partial charge in [-0.15, -0.1) is 0 Å². The van der Waals surface area contributed by atoms with Crippen molar-refractivity contribution in [2.24, 2.45) is 10.9 Å². The highest BCUT2D eigenvalue weighted by Gasteiger charge is 2.23. The fraction of sp³-hybridized carbons (Fsp3) is 0.467. The Labute approximate surface area is 247 Å². The molecule has 0 unspecified atom stereocenters. The number of nitrogens with zero attached hydrogens (tertiary/aromatic N) is 5. The summed E-state index contributed by atoms with van der Waals surface area (Å²) in [4.78, 5) is 11.3. The SMILES string of the molecule is COc1c(OCCN(CCCN(C)C)CCCN(C)C)cc(F)c2c(-c3ccc(O)c(Cl)c3)ncc(/C(C)=N\N)c12. The molecule has 0 radical (unpaired) electrons. The van der Waals surface area contributed by atoms with Crippen LogP contribution in [0.1, 0.15) is 25.3 Å². The minimum Gasteiger partial charge on any atom is -0.506 e. The van der Waals surface area contributed by atoms with E-state index in [2.05, 4.69) is 53.0 Å². The minimum absolute atomic E-state index is 0.0753. The van der Waals surface area contributed by atoms with Gasteiger partial charge in [0.15, 0.2) is 11.5 Å². The molecule has 1 aromatic heterocycles. The van der Waals surface area contributed by atoms with E-state index in [1.807, 2.05) is 0 Å². The average Bonchev–Trinajstić information content (AvgIpc) is 2.93. The molecule has 0 saturated heterocycles. The van der Waals surface area contributed by atoms with Gasteiger partial charge in [0.25, 0.3) is 0 Å². The number of benzene rings is 2. The predicted octanol–water partition coefficient (Wildman–Crippen LogP) is 4.68. The van der Waals surface area contributed by atoms with Crippen molar-refractivity contribution in [3.8, 4) is 28.5 Å². The molecule has 9 nitrogen and oxygen atoms in total. The monoisotopic (exact) mass is 588 g/mol. The number of pyridine rings is 1. The first kappa shape index (κ1) is 32.3. The number of hydrogen-bond donors (Lipinski definition) is 2. The highest BCUT2D eigenvalue weighted by Crippen LogP contribution is 2.43. The molecule has 0 aliphatic heterocycles. The lowest BCUT2D eigenvalue weighted by molar-refractivity contribution is 0.191. The van der Waals surface area contributed by atoms with Gasteiger partial charge in [-0.3, -0.25) is 9.88 Å².